The van der Waals surface area contributed by atoms with Crippen LogP contribution in [0.15, 0.2) is 24.3 Å². The van der Waals surface area contributed by atoms with Crippen molar-refractivity contribution in [3.05, 3.63) is 29.8 Å². The van der Waals surface area contributed by atoms with Gasteiger partial charge >= 0.3 is 0 Å². The van der Waals surface area contributed by atoms with Crippen molar-refractivity contribution in [2.24, 2.45) is 5.73 Å². The fourth-order valence-electron chi connectivity index (χ4n) is 1.52. The summed E-state index contributed by atoms with van der Waals surface area (Å²) >= 11 is 0. The van der Waals surface area contributed by atoms with Crippen LogP contribution >= 0.6 is 12.4 Å². The number of halogens is 1. The molecular formula is C12H20ClN3O3S. The molecule has 0 saturated carbocycles. The van der Waals surface area contributed by atoms with Crippen molar-refractivity contribution in [1.29, 1.82) is 0 Å². The van der Waals surface area contributed by atoms with Gasteiger partial charge in [0.25, 0.3) is 0 Å². The number of amides is 1. The number of sulfonamides is 1. The highest BCUT2D eigenvalue weighted by molar-refractivity contribution is 7.92. The number of hydrogen-bond donors (Lipinski definition) is 3. The van der Waals surface area contributed by atoms with E-state index in [0.717, 1.165) is 11.8 Å². The Kier molecular flexibility index (Phi) is 7.55. The Balaban J connectivity index is 0.00000361. The summed E-state index contributed by atoms with van der Waals surface area (Å²) < 4.78 is 24.6. The third-order valence-corrected chi connectivity index (χ3v) is 2.83. The lowest BCUT2D eigenvalue weighted by Gasteiger charge is -2.09. The first kappa shape index (κ1) is 18.7. The summed E-state index contributed by atoms with van der Waals surface area (Å²) in [6.45, 7) is 2.10. The van der Waals surface area contributed by atoms with Crippen LogP contribution in [0.5, 0.6) is 0 Å². The Morgan fingerprint density at radius 2 is 2.05 bits per heavy atom. The van der Waals surface area contributed by atoms with Crippen LogP contribution < -0.4 is 15.8 Å². The van der Waals surface area contributed by atoms with E-state index >= 15 is 0 Å². The van der Waals surface area contributed by atoms with Gasteiger partial charge in [-0.3, -0.25) is 9.52 Å². The molecule has 0 aromatic heterocycles. The molecule has 0 aliphatic carbocycles. The average molecular weight is 322 g/mol. The van der Waals surface area contributed by atoms with Gasteiger partial charge in [-0.2, -0.15) is 0 Å². The van der Waals surface area contributed by atoms with Crippen molar-refractivity contribution >= 4 is 34.0 Å². The fraction of sp³-hybridized carbons (Fsp3) is 0.417. The lowest BCUT2D eigenvalue weighted by atomic mass is 10.2. The number of carbonyl (C=O) groups is 1. The molecule has 0 aliphatic heterocycles. The van der Waals surface area contributed by atoms with Gasteiger partial charge in [-0.05, 0) is 24.6 Å². The second-order valence-corrected chi connectivity index (χ2v) is 6.28. The van der Waals surface area contributed by atoms with E-state index in [1.807, 2.05) is 0 Å². The smallest absolute Gasteiger partial charge is 0.229 e. The van der Waals surface area contributed by atoms with Crippen LogP contribution in [0.25, 0.3) is 0 Å². The molecule has 0 fully saturated rings. The van der Waals surface area contributed by atoms with Crippen LogP contribution in [0.3, 0.4) is 0 Å². The number of nitrogens with two attached hydrogens (primary N) is 1. The Morgan fingerprint density at radius 3 is 2.60 bits per heavy atom. The van der Waals surface area contributed by atoms with Gasteiger partial charge in [0.2, 0.25) is 15.9 Å². The molecule has 0 radical (unpaired) electrons. The van der Waals surface area contributed by atoms with Crippen LogP contribution in [0.4, 0.5) is 5.69 Å². The van der Waals surface area contributed by atoms with E-state index in [1.54, 1.807) is 31.2 Å². The quantitative estimate of drug-likeness (QED) is 0.722. The van der Waals surface area contributed by atoms with Crippen molar-refractivity contribution in [3.63, 3.8) is 0 Å². The first-order valence-corrected chi connectivity index (χ1v) is 7.74. The van der Waals surface area contributed by atoms with Gasteiger partial charge in [0, 0.05) is 24.7 Å². The zero-order chi connectivity index (χ0) is 14.5. The Morgan fingerprint density at radius 1 is 1.40 bits per heavy atom. The number of hydrogen-bond acceptors (Lipinski definition) is 4. The lowest BCUT2D eigenvalue weighted by molar-refractivity contribution is -0.121. The molecule has 1 aromatic rings. The molecule has 6 nitrogen and oxygen atoms in total. The Labute approximate surface area is 125 Å². The van der Waals surface area contributed by atoms with Crippen LogP contribution in [-0.4, -0.2) is 26.6 Å². The van der Waals surface area contributed by atoms with Crippen molar-refractivity contribution in [1.82, 2.24) is 5.32 Å². The van der Waals surface area contributed by atoms with E-state index in [1.165, 1.54) is 0 Å². The molecule has 0 heterocycles. The normalized spacial score (nSPS) is 12.2. The maximum atomic E-state index is 11.4. The van der Waals surface area contributed by atoms with Crippen LogP contribution in [0.2, 0.25) is 0 Å². The summed E-state index contributed by atoms with van der Waals surface area (Å²) in [5.74, 6) is -0.128. The molecular weight excluding hydrogens is 302 g/mol. The van der Waals surface area contributed by atoms with E-state index < -0.39 is 10.0 Å². The summed E-state index contributed by atoms with van der Waals surface area (Å²) in [6.07, 6.45) is 1.35. The monoisotopic (exact) mass is 321 g/mol. The highest BCUT2D eigenvalue weighted by Crippen LogP contribution is 2.11. The predicted molar refractivity (Wildman–Crippen MR) is 82.3 cm³/mol. The van der Waals surface area contributed by atoms with Gasteiger partial charge in [0.05, 0.1) is 6.26 Å². The van der Waals surface area contributed by atoms with Gasteiger partial charge in [-0.1, -0.05) is 12.1 Å². The highest BCUT2D eigenvalue weighted by atomic mass is 35.5. The molecule has 1 unspecified atom stereocenters. The molecule has 0 saturated heterocycles. The van der Waals surface area contributed by atoms with Gasteiger partial charge in [-0.25, -0.2) is 8.42 Å². The number of nitrogens with one attached hydrogen (secondary N) is 2. The molecule has 1 rings (SSSR count). The van der Waals surface area contributed by atoms with E-state index in [9.17, 15) is 13.2 Å². The molecule has 1 amide bonds. The molecule has 0 bridgehead atoms. The molecule has 4 N–H and O–H groups in total. The summed E-state index contributed by atoms with van der Waals surface area (Å²) in [4.78, 5) is 11.4. The summed E-state index contributed by atoms with van der Waals surface area (Å²) in [7, 11) is -3.29. The standard InChI is InChI=1S/C12H19N3O3S.ClH/c1-9(13)6-12(16)14-8-10-4-3-5-11(7-10)15-19(2,17)18;/h3-5,7,9,15H,6,8,13H2,1-2H3,(H,14,16);1H. The molecule has 20 heavy (non-hydrogen) atoms. The SMILES string of the molecule is CC(N)CC(=O)NCc1cccc(NS(C)(=O)=O)c1.Cl. The first-order chi connectivity index (χ1) is 8.76. The van der Waals surface area contributed by atoms with E-state index in [0.29, 0.717) is 12.2 Å². The zero-order valence-electron chi connectivity index (χ0n) is 11.4. The average Bonchev–Trinajstić information content (AvgIpc) is 2.23. The summed E-state index contributed by atoms with van der Waals surface area (Å²) in [6, 6.07) is 6.67. The van der Waals surface area contributed by atoms with Crippen molar-refractivity contribution in [3.8, 4) is 0 Å². The Hall–Kier alpha value is -1.31. The highest BCUT2D eigenvalue weighted by Gasteiger charge is 2.06. The number of benzene rings is 1. The van der Waals surface area contributed by atoms with Crippen LogP contribution in [0.1, 0.15) is 18.9 Å². The van der Waals surface area contributed by atoms with Gasteiger partial charge in [-0.15, -0.1) is 12.4 Å². The second-order valence-electron chi connectivity index (χ2n) is 4.53. The summed E-state index contributed by atoms with van der Waals surface area (Å²) in [5, 5.41) is 2.72. The largest absolute Gasteiger partial charge is 0.352 e. The topological polar surface area (TPSA) is 101 Å². The van der Waals surface area contributed by atoms with Gasteiger partial charge < -0.3 is 11.1 Å². The minimum atomic E-state index is -3.29. The van der Waals surface area contributed by atoms with Gasteiger partial charge in [0.15, 0.2) is 0 Å². The number of anilines is 1. The second kappa shape index (κ2) is 8.08. The van der Waals surface area contributed by atoms with E-state index in [-0.39, 0.29) is 30.8 Å². The van der Waals surface area contributed by atoms with Crippen LogP contribution in [-0.2, 0) is 21.4 Å². The van der Waals surface area contributed by atoms with Gasteiger partial charge in [0.1, 0.15) is 0 Å². The minimum Gasteiger partial charge on any atom is -0.352 e. The molecule has 1 aromatic carbocycles. The first-order valence-electron chi connectivity index (χ1n) is 5.85. The third-order valence-electron chi connectivity index (χ3n) is 2.23. The molecule has 1 atom stereocenters. The summed E-state index contributed by atoms with van der Waals surface area (Å²) in [5.41, 5.74) is 6.80. The molecule has 8 heteroatoms. The number of rotatable bonds is 6. The fourth-order valence-corrected chi connectivity index (χ4v) is 2.08. The third kappa shape index (κ3) is 7.98. The van der Waals surface area contributed by atoms with E-state index in [2.05, 4.69) is 10.0 Å². The molecule has 0 aliphatic rings. The minimum absolute atomic E-state index is 0. The predicted octanol–water partition coefficient (Wildman–Crippen LogP) is 0.833. The zero-order valence-corrected chi connectivity index (χ0v) is 13.1. The molecule has 0 spiro atoms. The van der Waals surface area contributed by atoms with Crippen molar-refractivity contribution in [2.75, 3.05) is 11.0 Å². The van der Waals surface area contributed by atoms with E-state index in [4.69, 9.17) is 5.73 Å². The number of carbonyl (C=O) groups excluding carboxylic acids is 1. The van der Waals surface area contributed by atoms with Crippen molar-refractivity contribution < 1.29 is 13.2 Å². The molecule has 114 valence electrons. The maximum Gasteiger partial charge on any atom is 0.229 e. The lowest BCUT2D eigenvalue weighted by Crippen LogP contribution is -2.29. The Bertz CT molecular complexity index is 547. The van der Waals surface area contributed by atoms with Crippen LogP contribution in [0, 0.1) is 0 Å². The van der Waals surface area contributed by atoms with Crippen molar-refractivity contribution in [2.45, 2.75) is 25.9 Å². The maximum absolute atomic E-state index is 11.4.